The number of rotatable bonds is 23. The van der Waals surface area contributed by atoms with Gasteiger partial charge in [-0.2, -0.15) is 74.6 Å². The predicted molar refractivity (Wildman–Crippen MR) is 201 cm³/mol. The van der Waals surface area contributed by atoms with Gasteiger partial charge in [0.05, 0.1) is 12.3 Å². The van der Waals surface area contributed by atoms with Gasteiger partial charge in [0.25, 0.3) is 5.91 Å². The molecule has 0 radical (unpaired) electrons. The third kappa shape index (κ3) is 11.9. The Balaban J connectivity index is 2.32. The summed E-state index contributed by atoms with van der Waals surface area (Å²) in [4.78, 5) is 24.6. The van der Waals surface area contributed by atoms with Crippen molar-refractivity contribution in [3.05, 3.63) is 71.3 Å². The fraction of sp³-hybridized carbons (Fsp3) is 0.590. The molecule has 0 aliphatic rings. The highest BCUT2D eigenvalue weighted by atomic mass is 28.4. The van der Waals surface area contributed by atoms with E-state index in [9.17, 15) is 93.0 Å². The molecule has 2 atom stereocenters. The average Bonchev–Trinajstić information content (AvgIpc) is 3.21. The fourth-order valence-electron chi connectivity index (χ4n) is 6.53. The molecule has 0 aliphatic heterocycles. The number of alkyl halides is 17. The molecule has 382 valence electrons. The van der Waals surface area contributed by atoms with Crippen LogP contribution >= 0.6 is 0 Å². The number of carbonyl (C=O) groups is 2. The molecule has 2 aromatic carbocycles. The van der Waals surface area contributed by atoms with Gasteiger partial charge < -0.3 is 13.9 Å². The van der Waals surface area contributed by atoms with E-state index in [1.807, 2.05) is 0 Å². The van der Waals surface area contributed by atoms with Crippen molar-refractivity contribution in [2.75, 3.05) is 18.5 Å². The maximum atomic E-state index is 15.0. The first-order chi connectivity index (χ1) is 30.2. The number of allylic oxidation sites excluding steroid dienone is 1. The molecule has 0 fully saturated rings. The van der Waals surface area contributed by atoms with Crippen molar-refractivity contribution in [3.8, 4) is 5.75 Å². The van der Waals surface area contributed by atoms with E-state index in [-0.39, 0.29) is 23.3 Å². The molecule has 2 amide bonds. The van der Waals surface area contributed by atoms with Gasteiger partial charge in [-0.3, -0.25) is 15.3 Å². The highest BCUT2D eigenvalue weighted by Gasteiger charge is 2.95. The molecular formula is C39H43F19N2O6Si. The molecule has 28 heteroatoms. The fourth-order valence-corrected chi connectivity index (χ4v) is 11.0. The Labute approximate surface area is 370 Å². The highest BCUT2D eigenvalue weighted by molar-refractivity contribution is 6.76. The number of anilines is 1. The van der Waals surface area contributed by atoms with Gasteiger partial charge in [-0.1, -0.05) is 52.8 Å². The summed E-state index contributed by atoms with van der Waals surface area (Å²) in [7, 11) is -4.07. The molecule has 0 bridgehead atoms. The Hall–Kier alpha value is -4.47. The van der Waals surface area contributed by atoms with E-state index in [1.165, 1.54) is 70.4 Å². The van der Waals surface area contributed by atoms with Gasteiger partial charge in [0.1, 0.15) is 30.1 Å². The van der Waals surface area contributed by atoms with Crippen LogP contribution < -0.4 is 15.5 Å². The number of hydrogen-bond donors (Lipinski definition) is 3. The molecule has 0 heterocycles. The van der Waals surface area contributed by atoms with Crippen LogP contribution in [-0.4, -0.2) is 86.4 Å². The summed E-state index contributed by atoms with van der Waals surface area (Å²) < 4.78 is 280. The van der Waals surface area contributed by atoms with Crippen LogP contribution in [-0.2, 0) is 14.0 Å². The van der Waals surface area contributed by atoms with Crippen LogP contribution in [0.5, 0.6) is 5.75 Å². The molecule has 0 unspecified atom stereocenters. The maximum Gasteiger partial charge on any atom is 0.460 e. The summed E-state index contributed by atoms with van der Waals surface area (Å²) in [6.07, 6.45) is -11.4. The number of amides is 2. The second-order valence-corrected chi connectivity index (χ2v) is 20.8. The zero-order chi connectivity index (χ0) is 52.2. The van der Waals surface area contributed by atoms with Gasteiger partial charge in [0.15, 0.2) is 8.32 Å². The molecule has 8 nitrogen and oxygen atoms in total. The minimum Gasteiger partial charge on any atom is -0.491 e. The number of benzene rings is 2. The number of ether oxygens (including phenoxy) is 2. The molecular weight excluding hydrogens is 981 g/mol. The first kappa shape index (κ1) is 58.7. The Morgan fingerprint density at radius 3 is 1.66 bits per heavy atom. The molecule has 2 aromatic rings. The second-order valence-electron chi connectivity index (χ2n) is 15.8. The van der Waals surface area contributed by atoms with Crippen molar-refractivity contribution >= 4 is 26.0 Å². The van der Waals surface area contributed by atoms with Gasteiger partial charge >= 0.3 is 53.7 Å². The quantitative estimate of drug-likeness (QED) is 0.0256. The van der Waals surface area contributed by atoms with Crippen LogP contribution in [0.3, 0.4) is 0 Å². The van der Waals surface area contributed by atoms with E-state index in [1.54, 1.807) is 6.92 Å². The van der Waals surface area contributed by atoms with Gasteiger partial charge in [0, 0.05) is 24.0 Å². The largest absolute Gasteiger partial charge is 0.491 e. The van der Waals surface area contributed by atoms with Crippen molar-refractivity contribution in [1.29, 1.82) is 0 Å². The highest BCUT2D eigenvalue weighted by Crippen LogP contribution is 2.64. The molecule has 0 spiro atoms. The lowest BCUT2D eigenvalue weighted by Crippen LogP contribution is -2.74. The van der Waals surface area contributed by atoms with Crippen molar-refractivity contribution in [1.82, 2.24) is 5.48 Å². The van der Waals surface area contributed by atoms with E-state index < -0.39 is 134 Å². The van der Waals surface area contributed by atoms with E-state index >= 15 is 0 Å². The molecule has 0 aliphatic carbocycles. The standard InChI is InChI=1S/C39H43F19N2O6Si/c1-20(2)67(21(3)4,18-15-32(42,43)33(44,45)34(46,47)35(48,49)36(50,51)37(52,53)38(54,55)39(56,57)58)65-17-16-64-26-12-9-24(10-13-26)29(22(5)7-8-23(6)30(61)60-63)66-31(62)59-28-14-11-25(40)19-27(28)41/h8-14,19-22,29,63H,7,15-18H2,1-6H3,(H,59,62)(H,60,61)/b23-8+/t22-,29-/m0/s1. The molecule has 0 saturated heterocycles. The van der Waals surface area contributed by atoms with Crippen LogP contribution in [0, 0.1) is 17.6 Å². The summed E-state index contributed by atoms with van der Waals surface area (Å²) >= 11 is 0. The average molecular weight is 1020 g/mol. The van der Waals surface area contributed by atoms with Gasteiger partial charge in [-0.05, 0) is 60.3 Å². The predicted octanol–water partition coefficient (Wildman–Crippen LogP) is 13.3. The van der Waals surface area contributed by atoms with Crippen molar-refractivity contribution in [3.63, 3.8) is 0 Å². The Morgan fingerprint density at radius 1 is 0.701 bits per heavy atom. The van der Waals surface area contributed by atoms with Crippen molar-refractivity contribution in [2.24, 2.45) is 5.92 Å². The maximum absolute atomic E-state index is 15.0. The smallest absolute Gasteiger partial charge is 0.460 e. The van der Waals surface area contributed by atoms with Crippen LogP contribution in [0.4, 0.5) is 93.9 Å². The SMILES string of the molecule is C/C(=C\C[C@H](C)[C@H](OC(=O)Nc1ccc(F)cc1F)c1ccc(OCCO[Si](CCC(F)(F)C(F)(F)C(F)(F)C(F)(F)C(F)(F)C(F)(F)C(F)(F)C(F)(F)F)(C(C)C)C(C)C)cc1)C(=O)NO. The normalized spacial score (nSPS) is 15.1. The monoisotopic (exact) mass is 1020 g/mol. The Bertz CT molecular complexity index is 2020. The molecule has 3 N–H and O–H groups in total. The third-order valence-electron chi connectivity index (χ3n) is 10.7. The summed E-state index contributed by atoms with van der Waals surface area (Å²) in [5, 5.41) is 11.0. The van der Waals surface area contributed by atoms with Crippen LogP contribution in [0.2, 0.25) is 17.1 Å². The van der Waals surface area contributed by atoms with Crippen LogP contribution in [0.15, 0.2) is 54.1 Å². The van der Waals surface area contributed by atoms with E-state index in [2.05, 4.69) is 5.32 Å². The minimum absolute atomic E-state index is 0.0259. The summed E-state index contributed by atoms with van der Waals surface area (Å²) in [5.41, 5.74) is -0.563. The van der Waals surface area contributed by atoms with Crippen molar-refractivity contribution in [2.45, 2.75) is 125 Å². The number of halogens is 19. The number of nitrogens with one attached hydrogen (secondary N) is 2. The zero-order valence-corrected chi connectivity index (χ0v) is 36.6. The van der Waals surface area contributed by atoms with Gasteiger partial charge in [-0.25, -0.2) is 19.1 Å². The van der Waals surface area contributed by atoms with Crippen LogP contribution in [0.25, 0.3) is 0 Å². The number of carbonyl (C=O) groups excluding carboxylic acids is 2. The van der Waals surface area contributed by atoms with Gasteiger partial charge in [0.2, 0.25) is 0 Å². The summed E-state index contributed by atoms with van der Waals surface area (Å²) in [6.45, 7) is 6.97. The molecule has 0 aromatic heterocycles. The lowest BCUT2D eigenvalue weighted by atomic mass is 9.88. The lowest BCUT2D eigenvalue weighted by Gasteiger charge is -2.44. The first-order valence-electron chi connectivity index (χ1n) is 19.4. The first-order valence-corrected chi connectivity index (χ1v) is 21.6. The van der Waals surface area contributed by atoms with Crippen LogP contribution in [0.1, 0.15) is 66.1 Å². The molecule has 2 rings (SSSR count). The lowest BCUT2D eigenvalue weighted by molar-refractivity contribution is -0.461. The molecule has 67 heavy (non-hydrogen) atoms. The van der Waals surface area contributed by atoms with Crippen molar-refractivity contribution < 1.29 is 112 Å². The number of hydrogen-bond acceptors (Lipinski definition) is 6. The Morgan fingerprint density at radius 2 is 1.19 bits per heavy atom. The summed E-state index contributed by atoms with van der Waals surface area (Å²) in [5.74, 6) is -60.6. The Kier molecular flexibility index (Phi) is 18.4. The van der Waals surface area contributed by atoms with Gasteiger partial charge in [-0.15, -0.1) is 0 Å². The molecule has 0 saturated carbocycles. The van der Waals surface area contributed by atoms with E-state index in [4.69, 9.17) is 19.1 Å². The van der Waals surface area contributed by atoms with E-state index in [0.29, 0.717) is 6.07 Å². The second kappa shape index (κ2) is 21.0. The minimum atomic E-state index is -8.73. The zero-order valence-electron chi connectivity index (χ0n) is 35.6. The number of hydroxylamine groups is 1. The topological polar surface area (TPSA) is 106 Å². The third-order valence-corrected chi connectivity index (χ3v) is 16.4. The summed E-state index contributed by atoms with van der Waals surface area (Å²) in [6, 6.07) is 6.21. The van der Waals surface area contributed by atoms with E-state index in [0.717, 1.165) is 12.1 Å².